The van der Waals surface area contributed by atoms with Crippen LogP contribution in [-0.2, 0) is 5.75 Å². The zero-order valence-corrected chi connectivity index (χ0v) is 12.3. The fourth-order valence-corrected chi connectivity index (χ4v) is 2.86. The minimum absolute atomic E-state index is 0.0538. The van der Waals surface area contributed by atoms with Crippen LogP contribution in [0.4, 0.5) is 0 Å². The van der Waals surface area contributed by atoms with Crippen molar-refractivity contribution in [3.63, 3.8) is 0 Å². The second-order valence-corrected chi connectivity index (χ2v) is 5.53. The molecule has 0 atom stereocenters. The molecule has 3 aromatic rings. The summed E-state index contributed by atoms with van der Waals surface area (Å²) in [6.45, 7) is 0. The molecule has 106 valence electrons. The summed E-state index contributed by atoms with van der Waals surface area (Å²) in [5.41, 5.74) is 1.40. The normalized spacial score (nSPS) is 10.7. The van der Waals surface area contributed by atoms with Gasteiger partial charge >= 0.3 is 0 Å². The van der Waals surface area contributed by atoms with Gasteiger partial charge in [0.1, 0.15) is 11.4 Å². The zero-order valence-electron chi connectivity index (χ0n) is 11.5. The van der Waals surface area contributed by atoms with Crippen LogP contribution in [0.3, 0.4) is 0 Å². The lowest BCUT2D eigenvalue weighted by atomic mass is 10.3. The Morgan fingerprint density at radius 1 is 1.19 bits per heavy atom. The van der Waals surface area contributed by atoms with Gasteiger partial charge in [-0.05, 0) is 30.3 Å². The van der Waals surface area contributed by atoms with Gasteiger partial charge in [0.2, 0.25) is 0 Å². The number of thioether (sulfide) groups is 1. The first kappa shape index (κ1) is 13.7. The summed E-state index contributed by atoms with van der Waals surface area (Å²) in [5.74, 6) is 1.47. The molecule has 0 saturated carbocycles. The van der Waals surface area contributed by atoms with E-state index in [1.54, 1.807) is 35.5 Å². The van der Waals surface area contributed by atoms with E-state index in [4.69, 9.17) is 4.74 Å². The van der Waals surface area contributed by atoms with E-state index in [-0.39, 0.29) is 5.56 Å². The minimum atomic E-state index is -0.0538. The van der Waals surface area contributed by atoms with Crippen molar-refractivity contribution >= 4 is 17.4 Å². The Labute approximate surface area is 126 Å². The van der Waals surface area contributed by atoms with E-state index in [0.717, 1.165) is 16.3 Å². The van der Waals surface area contributed by atoms with Crippen LogP contribution in [0.25, 0.3) is 5.65 Å². The van der Waals surface area contributed by atoms with Crippen LogP contribution in [0.15, 0.2) is 64.4 Å². The molecule has 0 amide bonds. The second-order valence-electron chi connectivity index (χ2n) is 4.48. The monoisotopic (exact) mass is 298 g/mol. The van der Waals surface area contributed by atoms with Gasteiger partial charge in [-0.2, -0.15) is 0 Å². The highest BCUT2D eigenvalue weighted by molar-refractivity contribution is 7.98. The highest BCUT2D eigenvalue weighted by Crippen LogP contribution is 2.25. The maximum absolute atomic E-state index is 12.0. The molecular weight excluding hydrogens is 284 g/mol. The number of aromatic nitrogens is 2. The van der Waals surface area contributed by atoms with Crippen LogP contribution in [0.1, 0.15) is 5.69 Å². The van der Waals surface area contributed by atoms with Crippen molar-refractivity contribution in [1.29, 1.82) is 0 Å². The Morgan fingerprint density at radius 2 is 2.10 bits per heavy atom. The van der Waals surface area contributed by atoms with Gasteiger partial charge in [-0.3, -0.25) is 9.20 Å². The standard InChI is InChI=1S/C16H14N2O2S/c1-20-13-5-4-6-14(10-13)21-11-12-9-16(19)18-8-3-2-7-15(18)17-12/h2-10H,11H2,1H3. The van der Waals surface area contributed by atoms with Crippen LogP contribution < -0.4 is 10.3 Å². The fraction of sp³-hybridized carbons (Fsp3) is 0.125. The lowest BCUT2D eigenvalue weighted by molar-refractivity contribution is 0.413. The largest absolute Gasteiger partial charge is 0.497 e. The van der Waals surface area contributed by atoms with Gasteiger partial charge in [0.05, 0.1) is 12.8 Å². The van der Waals surface area contributed by atoms with Crippen LogP contribution in [-0.4, -0.2) is 16.5 Å². The van der Waals surface area contributed by atoms with Crippen molar-refractivity contribution < 1.29 is 4.74 Å². The van der Waals surface area contributed by atoms with Crippen molar-refractivity contribution in [3.05, 3.63) is 70.8 Å². The van der Waals surface area contributed by atoms with E-state index in [1.165, 1.54) is 0 Å². The van der Waals surface area contributed by atoms with E-state index in [0.29, 0.717) is 11.4 Å². The highest BCUT2D eigenvalue weighted by Gasteiger charge is 2.03. The first-order valence-corrected chi connectivity index (χ1v) is 7.49. The Bertz CT molecular complexity index is 830. The number of ether oxygens (including phenoxy) is 1. The first-order chi connectivity index (χ1) is 10.3. The third kappa shape index (κ3) is 3.08. The average Bonchev–Trinajstić information content (AvgIpc) is 2.53. The molecule has 0 saturated heterocycles. The first-order valence-electron chi connectivity index (χ1n) is 6.50. The number of benzene rings is 1. The molecule has 2 aromatic heterocycles. The fourth-order valence-electron chi connectivity index (χ4n) is 2.03. The Kier molecular flexibility index (Phi) is 3.92. The van der Waals surface area contributed by atoms with Gasteiger partial charge in [-0.25, -0.2) is 4.98 Å². The molecule has 0 aliphatic heterocycles. The molecule has 0 radical (unpaired) electrons. The Hall–Kier alpha value is -2.27. The summed E-state index contributed by atoms with van der Waals surface area (Å²) < 4.78 is 6.74. The van der Waals surface area contributed by atoms with E-state index in [9.17, 15) is 4.79 Å². The van der Waals surface area contributed by atoms with Crippen molar-refractivity contribution in [3.8, 4) is 5.75 Å². The number of hydrogen-bond acceptors (Lipinski definition) is 4. The SMILES string of the molecule is COc1cccc(SCc2cc(=O)n3ccccc3n2)c1. The van der Waals surface area contributed by atoms with Gasteiger partial charge in [0.25, 0.3) is 5.56 Å². The molecule has 0 bridgehead atoms. The van der Waals surface area contributed by atoms with Crippen molar-refractivity contribution in [1.82, 2.24) is 9.38 Å². The molecule has 0 aliphatic rings. The molecule has 0 unspecified atom stereocenters. The van der Waals surface area contributed by atoms with Gasteiger partial charge in [-0.1, -0.05) is 12.1 Å². The third-order valence-electron chi connectivity index (χ3n) is 3.05. The Balaban J connectivity index is 1.83. The summed E-state index contributed by atoms with van der Waals surface area (Å²) in [5, 5.41) is 0. The van der Waals surface area contributed by atoms with Gasteiger partial charge in [0.15, 0.2) is 0 Å². The minimum Gasteiger partial charge on any atom is -0.497 e. The number of fused-ring (bicyclic) bond motifs is 1. The molecule has 5 heteroatoms. The molecule has 0 fully saturated rings. The van der Waals surface area contributed by atoms with Crippen LogP contribution >= 0.6 is 11.8 Å². The van der Waals surface area contributed by atoms with Crippen molar-refractivity contribution in [2.75, 3.05) is 7.11 Å². The van der Waals surface area contributed by atoms with Crippen LogP contribution in [0.2, 0.25) is 0 Å². The Morgan fingerprint density at radius 3 is 2.95 bits per heavy atom. The van der Waals surface area contributed by atoms with Gasteiger partial charge in [-0.15, -0.1) is 11.8 Å². The third-order valence-corrected chi connectivity index (χ3v) is 4.08. The van der Waals surface area contributed by atoms with Crippen molar-refractivity contribution in [2.24, 2.45) is 0 Å². The highest BCUT2D eigenvalue weighted by atomic mass is 32.2. The molecule has 0 aliphatic carbocycles. The van der Waals surface area contributed by atoms with Crippen molar-refractivity contribution in [2.45, 2.75) is 10.6 Å². The average molecular weight is 298 g/mol. The second kappa shape index (κ2) is 6.01. The van der Waals surface area contributed by atoms with E-state index in [2.05, 4.69) is 4.98 Å². The number of rotatable bonds is 4. The lowest BCUT2D eigenvalue weighted by Gasteiger charge is -2.05. The topological polar surface area (TPSA) is 43.6 Å². The summed E-state index contributed by atoms with van der Waals surface area (Å²) in [7, 11) is 1.65. The summed E-state index contributed by atoms with van der Waals surface area (Å²) >= 11 is 1.63. The smallest absolute Gasteiger partial charge is 0.258 e. The maximum Gasteiger partial charge on any atom is 0.258 e. The van der Waals surface area contributed by atoms with Crippen LogP contribution in [0, 0.1) is 0 Å². The number of hydrogen-bond donors (Lipinski definition) is 0. The summed E-state index contributed by atoms with van der Waals surface area (Å²) in [4.78, 5) is 17.6. The predicted octanol–water partition coefficient (Wildman–Crippen LogP) is 3.00. The maximum atomic E-state index is 12.0. The van der Waals surface area contributed by atoms with E-state index < -0.39 is 0 Å². The van der Waals surface area contributed by atoms with E-state index in [1.807, 2.05) is 42.5 Å². The molecule has 4 nitrogen and oxygen atoms in total. The quantitative estimate of drug-likeness (QED) is 0.695. The molecule has 1 aromatic carbocycles. The summed E-state index contributed by atoms with van der Waals surface area (Å²) in [6.07, 6.45) is 1.73. The van der Waals surface area contributed by atoms with Gasteiger partial charge < -0.3 is 4.74 Å². The van der Waals surface area contributed by atoms with Gasteiger partial charge in [0, 0.05) is 22.9 Å². The van der Waals surface area contributed by atoms with E-state index >= 15 is 0 Å². The molecule has 0 spiro atoms. The molecule has 21 heavy (non-hydrogen) atoms. The predicted molar refractivity (Wildman–Crippen MR) is 84.0 cm³/mol. The van der Waals surface area contributed by atoms with Crippen LogP contribution in [0.5, 0.6) is 5.75 Å². The molecular formula is C16H14N2O2S. The number of nitrogens with zero attached hydrogens (tertiary/aromatic N) is 2. The molecule has 2 heterocycles. The molecule has 0 N–H and O–H groups in total. The lowest BCUT2D eigenvalue weighted by Crippen LogP contribution is -2.14. The summed E-state index contributed by atoms with van der Waals surface area (Å²) in [6, 6.07) is 15.0. The zero-order chi connectivity index (χ0) is 14.7. The molecule has 3 rings (SSSR count). The number of pyridine rings is 1. The number of methoxy groups -OCH3 is 1.